The van der Waals surface area contributed by atoms with Gasteiger partial charge in [-0.15, -0.1) is 0 Å². The van der Waals surface area contributed by atoms with Crippen LogP contribution in [0.25, 0.3) is 27.6 Å². The maximum Gasteiger partial charge on any atom is 0.264 e. The SMILES string of the molecule is CC(Nc1ncnc2nc[nH]c12)c1cc2cccc(Cl)c2c(=O)n1-c1cccc(Cl)c1. The average Bonchev–Trinajstić information content (AvgIpc) is 3.23. The Morgan fingerprint density at radius 2 is 1.90 bits per heavy atom. The highest BCUT2D eigenvalue weighted by molar-refractivity contribution is 6.35. The van der Waals surface area contributed by atoms with Gasteiger partial charge in [0.25, 0.3) is 5.56 Å². The zero-order valence-corrected chi connectivity index (χ0v) is 17.8. The normalized spacial score (nSPS) is 12.4. The zero-order valence-electron chi connectivity index (χ0n) is 16.3. The summed E-state index contributed by atoms with van der Waals surface area (Å²) in [6.45, 7) is 1.95. The second kappa shape index (κ2) is 7.68. The number of hydrogen-bond donors (Lipinski definition) is 2. The largest absolute Gasteiger partial charge is 0.360 e. The van der Waals surface area contributed by atoms with Crippen molar-refractivity contribution in [2.24, 2.45) is 0 Å². The molecule has 5 aromatic rings. The molecular weight excluding hydrogens is 435 g/mol. The number of anilines is 1. The van der Waals surface area contributed by atoms with Gasteiger partial charge in [-0.3, -0.25) is 9.36 Å². The third-order valence-corrected chi connectivity index (χ3v) is 5.66. The van der Waals surface area contributed by atoms with Crippen molar-refractivity contribution in [2.75, 3.05) is 5.32 Å². The van der Waals surface area contributed by atoms with E-state index in [-0.39, 0.29) is 11.6 Å². The molecule has 1 atom stereocenters. The number of hydrogen-bond acceptors (Lipinski definition) is 5. The van der Waals surface area contributed by atoms with Gasteiger partial charge in [-0.05, 0) is 42.6 Å². The first kappa shape index (κ1) is 19.5. The lowest BCUT2D eigenvalue weighted by Gasteiger charge is -2.21. The topological polar surface area (TPSA) is 88.5 Å². The van der Waals surface area contributed by atoms with Crippen LogP contribution in [0.4, 0.5) is 5.82 Å². The lowest BCUT2D eigenvalue weighted by atomic mass is 10.1. The summed E-state index contributed by atoms with van der Waals surface area (Å²) in [5.74, 6) is 0.589. The molecule has 5 rings (SSSR count). The third-order valence-electron chi connectivity index (χ3n) is 5.11. The molecule has 2 N–H and O–H groups in total. The van der Waals surface area contributed by atoms with Crippen molar-refractivity contribution in [3.8, 4) is 5.69 Å². The van der Waals surface area contributed by atoms with E-state index >= 15 is 0 Å². The van der Waals surface area contributed by atoms with Crippen LogP contribution in [0.3, 0.4) is 0 Å². The minimum absolute atomic E-state index is 0.219. The molecule has 9 heteroatoms. The summed E-state index contributed by atoms with van der Waals surface area (Å²) >= 11 is 12.6. The number of benzene rings is 2. The van der Waals surface area contributed by atoms with E-state index in [2.05, 4.69) is 25.3 Å². The summed E-state index contributed by atoms with van der Waals surface area (Å²) in [6, 6.07) is 14.2. The summed E-state index contributed by atoms with van der Waals surface area (Å²) < 4.78 is 1.63. The Hall–Kier alpha value is -3.42. The number of aromatic nitrogens is 5. The van der Waals surface area contributed by atoms with Crippen LogP contribution in [0.2, 0.25) is 10.0 Å². The maximum absolute atomic E-state index is 13.6. The Bertz CT molecular complexity index is 1490. The van der Waals surface area contributed by atoms with Crippen LogP contribution >= 0.6 is 23.2 Å². The molecule has 7 nitrogen and oxygen atoms in total. The van der Waals surface area contributed by atoms with Crippen molar-refractivity contribution >= 4 is 51.0 Å². The second-order valence-corrected chi connectivity index (χ2v) is 7.93. The van der Waals surface area contributed by atoms with Crippen LogP contribution in [0, 0.1) is 0 Å². The van der Waals surface area contributed by atoms with E-state index in [1.165, 1.54) is 6.33 Å². The minimum Gasteiger partial charge on any atom is -0.360 e. The molecule has 3 aromatic heterocycles. The van der Waals surface area contributed by atoms with E-state index in [1.807, 2.05) is 31.2 Å². The number of imidazole rings is 1. The van der Waals surface area contributed by atoms with E-state index in [0.29, 0.717) is 38.1 Å². The highest BCUT2D eigenvalue weighted by atomic mass is 35.5. The number of halogens is 2. The van der Waals surface area contributed by atoms with E-state index in [0.717, 1.165) is 11.1 Å². The summed E-state index contributed by atoms with van der Waals surface area (Å²) in [6.07, 6.45) is 3.01. The Balaban J connectivity index is 1.72. The highest BCUT2D eigenvalue weighted by Gasteiger charge is 2.19. The van der Waals surface area contributed by atoms with Crippen LogP contribution in [0.1, 0.15) is 18.7 Å². The van der Waals surface area contributed by atoms with Gasteiger partial charge in [0.1, 0.15) is 11.8 Å². The Labute approximate surface area is 186 Å². The molecule has 2 aromatic carbocycles. The first-order valence-electron chi connectivity index (χ1n) is 9.53. The molecule has 0 amide bonds. The fourth-order valence-electron chi connectivity index (χ4n) is 3.69. The van der Waals surface area contributed by atoms with Gasteiger partial charge in [0.15, 0.2) is 11.5 Å². The quantitative estimate of drug-likeness (QED) is 0.395. The monoisotopic (exact) mass is 450 g/mol. The van der Waals surface area contributed by atoms with Crippen molar-refractivity contribution in [1.29, 1.82) is 0 Å². The number of H-pyrrole nitrogens is 1. The maximum atomic E-state index is 13.6. The van der Waals surface area contributed by atoms with Crippen LogP contribution in [-0.2, 0) is 0 Å². The van der Waals surface area contributed by atoms with Crippen molar-refractivity contribution in [2.45, 2.75) is 13.0 Å². The molecule has 3 heterocycles. The van der Waals surface area contributed by atoms with Crippen molar-refractivity contribution in [3.63, 3.8) is 0 Å². The molecule has 31 heavy (non-hydrogen) atoms. The van der Waals surface area contributed by atoms with Gasteiger partial charge < -0.3 is 10.3 Å². The molecule has 0 radical (unpaired) electrons. The number of fused-ring (bicyclic) bond motifs is 2. The van der Waals surface area contributed by atoms with Crippen LogP contribution in [-0.4, -0.2) is 24.5 Å². The summed E-state index contributed by atoms with van der Waals surface area (Å²) in [5.41, 5.74) is 2.41. The van der Waals surface area contributed by atoms with E-state index in [4.69, 9.17) is 23.2 Å². The molecule has 1 unspecified atom stereocenters. The number of nitrogens with one attached hydrogen (secondary N) is 2. The van der Waals surface area contributed by atoms with E-state index in [1.54, 1.807) is 35.2 Å². The molecule has 0 fully saturated rings. The Morgan fingerprint density at radius 1 is 1.06 bits per heavy atom. The standard InChI is InChI=1S/C22H16Cl2N6O/c1-12(29-21-19-20(26-10-25-19)27-11-28-21)17-8-13-4-2-7-16(24)18(13)22(31)30(17)15-6-3-5-14(23)9-15/h2-12H,1H3,(H2,25,26,27,28,29). The highest BCUT2D eigenvalue weighted by Crippen LogP contribution is 2.28. The van der Waals surface area contributed by atoms with Gasteiger partial charge in [-0.1, -0.05) is 41.4 Å². The predicted molar refractivity (Wildman–Crippen MR) is 123 cm³/mol. The molecule has 0 aliphatic heterocycles. The van der Waals surface area contributed by atoms with Gasteiger partial charge in [0.05, 0.1) is 28.5 Å². The van der Waals surface area contributed by atoms with Gasteiger partial charge >= 0.3 is 0 Å². The van der Waals surface area contributed by atoms with Crippen molar-refractivity contribution < 1.29 is 0 Å². The van der Waals surface area contributed by atoms with Crippen molar-refractivity contribution in [3.05, 3.63) is 87.3 Å². The molecule has 0 aliphatic carbocycles. The number of pyridine rings is 1. The summed E-state index contributed by atoms with van der Waals surface area (Å²) in [5, 5.41) is 5.52. The molecule has 0 spiro atoms. The third kappa shape index (κ3) is 3.41. The molecule has 0 saturated heterocycles. The molecule has 0 saturated carbocycles. The van der Waals surface area contributed by atoms with Crippen LogP contribution < -0.4 is 10.9 Å². The average molecular weight is 451 g/mol. The van der Waals surface area contributed by atoms with E-state index < -0.39 is 0 Å². The molecule has 0 bridgehead atoms. The number of rotatable bonds is 4. The molecule has 0 aliphatic rings. The minimum atomic E-state index is -0.295. The second-order valence-electron chi connectivity index (χ2n) is 7.08. The zero-order chi connectivity index (χ0) is 21.5. The Morgan fingerprint density at radius 3 is 2.74 bits per heavy atom. The van der Waals surface area contributed by atoms with Gasteiger partial charge in [0.2, 0.25) is 0 Å². The lowest BCUT2D eigenvalue weighted by Crippen LogP contribution is -2.26. The van der Waals surface area contributed by atoms with Gasteiger partial charge in [-0.25, -0.2) is 15.0 Å². The van der Waals surface area contributed by atoms with Crippen LogP contribution in [0.15, 0.2) is 66.0 Å². The first-order valence-corrected chi connectivity index (χ1v) is 10.3. The molecule has 154 valence electrons. The fraction of sp³-hybridized carbons (Fsp3) is 0.0909. The van der Waals surface area contributed by atoms with Crippen LogP contribution in [0.5, 0.6) is 0 Å². The lowest BCUT2D eigenvalue weighted by molar-refractivity contribution is 0.774. The summed E-state index contributed by atoms with van der Waals surface area (Å²) in [4.78, 5) is 29.3. The first-order chi connectivity index (χ1) is 15.0. The van der Waals surface area contributed by atoms with Gasteiger partial charge in [0, 0.05) is 10.7 Å². The number of nitrogens with zero attached hydrogens (tertiary/aromatic N) is 4. The van der Waals surface area contributed by atoms with E-state index in [9.17, 15) is 4.79 Å². The molecular formula is C22H16Cl2N6O. The Kier molecular flexibility index (Phi) is 4.84. The smallest absolute Gasteiger partial charge is 0.264 e. The van der Waals surface area contributed by atoms with Crippen molar-refractivity contribution in [1.82, 2.24) is 24.5 Å². The number of aromatic amines is 1. The fourth-order valence-corrected chi connectivity index (χ4v) is 4.14. The predicted octanol–water partition coefficient (Wildman–Crippen LogP) is 5.14. The summed E-state index contributed by atoms with van der Waals surface area (Å²) in [7, 11) is 0. The van der Waals surface area contributed by atoms with Gasteiger partial charge in [-0.2, -0.15) is 0 Å².